The Morgan fingerprint density at radius 1 is 0.667 bits per heavy atom. The molecule has 0 aromatic rings. The van der Waals surface area contributed by atoms with Gasteiger partial charge in [-0.3, -0.25) is 0 Å². The molecule has 182 valence electrons. The van der Waals surface area contributed by atoms with Crippen molar-refractivity contribution in [1.29, 1.82) is 0 Å². The number of hydrogen-bond acceptors (Lipinski definition) is 6. The van der Waals surface area contributed by atoms with Crippen molar-refractivity contribution in [2.24, 2.45) is 0 Å². The number of rotatable bonds is 4. The van der Waals surface area contributed by atoms with Gasteiger partial charge in [-0.05, 0) is 32.7 Å². The maximum absolute atomic E-state index is 9.85. The van der Waals surface area contributed by atoms with Gasteiger partial charge in [0, 0.05) is 0 Å². The third-order valence-electron chi connectivity index (χ3n) is 1.22. The molecule has 0 aromatic heterocycles. The smallest absolute Gasteiger partial charge is 0.774 e. The molecule has 0 bridgehead atoms. The first kappa shape index (κ1) is 69.9. The van der Waals surface area contributed by atoms with E-state index in [-0.39, 0.29) is 92.0 Å². The molecule has 0 spiro atoms. The van der Waals surface area contributed by atoms with Crippen molar-refractivity contribution in [3.63, 3.8) is 0 Å². The van der Waals surface area contributed by atoms with Gasteiger partial charge in [0.15, 0.2) is 8.32 Å². The molecule has 30 heavy (non-hydrogen) atoms. The standard InChI is InChI=1S/C5H16O3Si2.C3H10OSi.C2H7O2Si.2Al.2Na.6H2O/c1-9(2,3)8-10(4,5,6)7;2*1-5(2,3)4;;;;;;;;;;/h6H,1-5H3;4H,1-3H3;3H,1-2H3;;;;;6*1H2/q-2;;-1;;;2*+1;;;;;;. The van der Waals surface area contributed by atoms with Crippen LogP contribution in [0.4, 0.5) is 0 Å². The van der Waals surface area contributed by atoms with E-state index >= 15 is 0 Å². The Hall–Kier alpha value is 3.45. The SMILES string of the molecule is C[Si](C)(C)O.C[Si](C)(C)O[Si-](C)(C)(O)[O][Al-].C[Si](C)(O)[O][Al-].O.O.O.O.O.O.[Na+].[Na+]. The van der Waals surface area contributed by atoms with Gasteiger partial charge in [-0.15, -0.1) is 0 Å². The van der Waals surface area contributed by atoms with Crippen molar-refractivity contribution >= 4 is 66.5 Å². The van der Waals surface area contributed by atoms with Gasteiger partial charge in [0.1, 0.15) is 0 Å². The Kier molecular flexibility index (Phi) is 63.0. The molecule has 0 aliphatic rings. The minimum absolute atomic E-state index is 0. The van der Waals surface area contributed by atoms with Crippen molar-refractivity contribution < 1.29 is 117 Å². The molecule has 20 heteroatoms. The van der Waals surface area contributed by atoms with Gasteiger partial charge in [0.2, 0.25) is 0 Å². The molecule has 0 saturated carbocycles. The van der Waals surface area contributed by atoms with Crippen LogP contribution in [0.1, 0.15) is 0 Å². The van der Waals surface area contributed by atoms with Crippen molar-refractivity contribution in [2.45, 2.75) is 65.5 Å². The van der Waals surface area contributed by atoms with Gasteiger partial charge in [-0.2, -0.15) is 0 Å². The molecule has 0 aliphatic heterocycles. The Balaban J connectivity index is -0.0000000189. The first-order chi connectivity index (χ1) is 9.10. The summed E-state index contributed by atoms with van der Waals surface area (Å²) < 4.78 is 15.1. The van der Waals surface area contributed by atoms with Crippen molar-refractivity contribution in [2.75, 3.05) is 0 Å². The van der Waals surface area contributed by atoms with E-state index in [9.17, 15) is 4.80 Å². The molecule has 0 unspecified atom stereocenters. The molecular weight excluding hydrogens is 524 g/mol. The van der Waals surface area contributed by atoms with Crippen molar-refractivity contribution in [1.82, 2.24) is 0 Å². The van der Waals surface area contributed by atoms with Crippen molar-refractivity contribution in [3.8, 4) is 0 Å². The molecule has 15 N–H and O–H groups in total. The molecule has 0 saturated heterocycles. The molecule has 0 fully saturated rings. The summed E-state index contributed by atoms with van der Waals surface area (Å²) in [7, 11) is -8.97. The van der Waals surface area contributed by atoms with Crippen molar-refractivity contribution in [3.05, 3.63) is 0 Å². The van der Waals surface area contributed by atoms with Crippen LogP contribution in [0.15, 0.2) is 0 Å². The maximum atomic E-state index is 9.85. The Bertz CT molecular complexity index is 317. The predicted molar refractivity (Wildman–Crippen MR) is 125 cm³/mol. The van der Waals surface area contributed by atoms with Crippen LogP contribution in [-0.2, 0) is 11.1 Å². The van der Waals surface area contributed by atoms with Gasteiger partial charge >= 0.3 is 137 Å². The normalized spacial score (nSPS) is 10.8. The third kappa shape index (κ3) is 95.8. The van der Waals surface area contributed by atoms with Crippen LogP contribution in [0.5, 0.6) is 0 Å². The molecule has 12 nitrogen and oxygen atoms in total. The fraction of sp³-hybridized carbons (Fsp3) is 1.00. The minimum atomic E-state index is -3.48. The van der Waals surface area contributed by atoms with Crippen LogP contribution in [0.25, 0.3) is 0 Å². The third-order valence-corrected chi connectivity index (χ3v) is 11.0. The van der Waals surface area contributed by atoms with Crippen LogP contribution in [0.3, 0.4) is 0 Å². The van der Waals surface area contributed by atoms with E-state index in [1.54, 1.807) is 26.2 Å². The topological polar surface area (TPSA) is 277 Å². The molecule has 0 atom stereocenters. The fourth-order valence-electron chi connectivity index (χ4n) is 0.898. The molecule has 0 aliphatic carbocycles. The van der Waals surface area contributed by atoms with E-state index in [0.717, 1.165) is 0 Å². The van der Waals surface area contributed by atoms with E-state index < -0.39 is 33.3 Å². The van der Waals surface area contributed by atoms with E-state index in [1.807, 2.05) is 55.9 Å². The van der Waals surface area contributed by atoms with Gasteiger partial charge in [0.05, 0.1) is 0 Å². The van der Waals surface area contributed by atoms with Crippen LogP contribution in [0, 0.1) is 0 Å². The fourth-order valence-corrected chi connectivity index (χ4v) is 8.52. The van der Waals surface area contributed by atoms with Crippen LogP contribution < -0.4 is 59.1 Å². The summed E-state index contributed by atoms with van der Waals surface area (Å²) in [6, 6.07) is 0. The molecular formula is C10H45Al2Na2O12Si4-. The zero-order chi connectivity index (χ0) is 19.1. The molecule has 0 aromatic carbocycles. The summed E-state index contributed by atoms with van der Waals surface area (Å²) in [5.74, 6) is 0. The zero-order valence-electron chi connectivity index (χ0n) is 20.7. The van der Waals surface area contributed by atoms with E-state index in [2.05, 4.69) is 20.1 Å². The van der Waals surface area contributed by atoms with Gasteiger partial charge in [-0.1, -0.05) is 0 Å². The Morgan fingerprint density at radius 2 is 0.833 bits per heavy atom. The predicted octanol–water partition coefficient (Wildman–Crippen LogP) is -9.26. The monoisotopic (exact) mass is 569 g/mol. The zero-order valence-corrected chi connectivity index (χ0v) is 31.0. The summed E-state index contributed by atoms with van der Waals surface area (Å²) in [6.07, 6.45) is 0. The van der Waals surface area contributed by atoms with E-state index in [4.69, 9.17) is 17.2 Å². The van der Waals surface area contributed by atoms with Crippen LogP contribution in [-0.4, -0.2) is 114 Å². The maximum Gasteiger partial charge on any atom is 1.00 e. The molecule has 6 radical (unpaired) electrons. The molecule has 0 amide bonds. The van der Waals surface area contributed by atoms with Crippen LogP contribution >= 0.6 is 0 Å². The summed E-state index contributed by atoms with van der Waals surface area (Å²) in [5, 5.41) is 0. The summed E-state index contributed by atoms with van der Waals surface area (Å²) in [4.78, 5) is 27.2. The number of hydrogen-bond donors (Lipinski definition) is 3. The summed E-state index contributed by atoms with van der Waals surface area (Å²) in [5.41, 5.74) is 0. The van der Waals surface area contributed by atoms with E-state index in [0.29, 0.717) is 0 Å². The second-order valence-electron chi connectivity index (χ2n) is 8.10. The quantitative estimate of drug-likeness (QED) is 0.276. The van der Waals surface area contributed by atoms with Gasteiger partial charge < -0.3 is 62.6 Å². The summed E-state index contributed by atoms with van der Waals surface area (Å²) in [6.45, 7) is 18.4. The second-order valence-corrected chi connectivity index (χ2v) is 26.3. The average Bonchev–Trinajstić information content (AvgIpc) is 2.10. The largest absolute Gasteiger partial charge is 1.00 e. The van der Waals surface area contributed by atoms with Gasteiger partial charge in [0.25, 0.3) is 8.56 Å². The second kappa shape index (κ2) is 27.0. The summed E-state index contributed by atoms with van der Waals surface area (Å²) >= 11 is 4.11. The average molecular weight is 570 g/mol. The van der Waals surface area contributed by atoms with Crippen LogP contribution in [0.2, 0.25) is 65.5 Å². The van der Waals surface area contributed by atoms with E-state index in [1.165, 1.54) is 0 Å². The Morgan fingerprint density at radius 3 is 0.867 bits per heavy atom. The minimum Gasteiger partial charge on any atom is -0.774 e. The van der Waals surface area contributed by atoms with Gasteiger partial charge in [-0.25, -0.2) is 0 Å². The Labute approximate surface area is 246 Å². The molecule has 0 rings (SSSR count). The first-order valence-electron chi connectivity index (χ1n) is 6.96. The molecule has 0 heterocycles. The first-order valence-corrected chi connectivity index (χ1v) is 20.9.